The van der Waals surface area contributed by atoms with Gasteiger partial charge in [-0.1, -0.05) is 17.7 Å². The van der Waals surface area contributed by atoms with Crippen molar-refractivity contribution in [1.29, 1.82) is 5.26 Å². The normalized spacial score (nSPS) is 26.4. The van der Waals surface area contributed by atoms with E-state index in [9.17, 15) is 14.4 Å². The van der Waals surface area contributed by atoms with Crippen molar-refractivity contribution < 1.29 is 32.2 Å². The molecule has 4 fully saturated rings. The van der Waals surface area contributed by atoms with Gasteiger partial charge in [0, 0.05) is 41.9 Å². The van der Waals surface area contributed by atoms with Gasteiger partial charge in [0.15, 0.2) is 11.6 Å². The molecule has 5 aliphatic heterocycles. The zero-order valence-corrected chi connectivity index (χ0v) is 31.4. The summed E-state index contributed by atoms with van der Waals surface area (Å²) in [4.78, 5) is 29.4. The largest absolute Gasteiger partial charge is 0.489 e. The van der Waals surface area contributed by atoms with Crippen LogP contribution in [0.4, 0.5) is 23.8 Å². The summed E-state index contributed by atoms with van der Waals surface area (Å²) in [7, 11) is 0. The number of anilines is 1. The summed E-state index contributed by atoms with van der Waals surface area (Å²) in [6, 6.07) is 4.46. The van der Waals surface area contributed by atoms with Crippen molar-refractivity contribution in [3.63, 3.8) is 0 Å². The second-order valence-electron chi connectivity index (χ2n) is 16.1. The summed E-state index contributed by atoms with van der Waals surface area (Å²) in [6.07, 6.45) is 1.93. The lowest BCUT2D eigenvalue weighted by molar-refractivity contribution is -0.0377. The van der Waals surface area contributed by atoms with E-state index in [1.165, 1.54) is 12.1 Å². The lowest BCUT2D eigenvalue weighted by atomic mass is 9.83. The Bertz CT molecular complexity index is 2280. The van der Waals surface area contributed by atoms with Crippen LogP contribution < -0.4 is 14.4 Å². The molecule has 0 radical (unpaired) electrons. The Morgan fingerprint density at radius 3 is 2.74 bits per heavy atom. The molecule has 2 aromatic heterocycles. The number of halogens is 4. The third kappa shape index (κ3) is 5.24. The van der Waals surface area contributed by atoms with Crippen LogP contribution in [0.1, 0.15) is 63.3 Å². The lowest BCUT2D eigenvalue weighted by Crippen LogP contribution is -2.64. The van der Waals surface area contributed by atoms with Crippen molar-refractivity contribution in [2.45, 2.75) is 88.7 Å². The zero-order chi connectivity index (χ0) is 37.2. The molecule has 4 atom stereocenters. The number of amides is 1. The Morgan fingerprint density at radius 2 is 2.00 bits per heavy atom. The molecule has 2 unspecified atom stereocenters. The molecule has 5 aliphatic rings. The van der Waals surface area contributed by atoms with Crippen LogP contribution >= 0.6 is 22.9 Å². The van der Waals surface area contributed by atoms with Crippen molar-refractivity contribution in [1.82, 2.24) is 19.8 Å². The van der Waals surface area contributed by atoms with E-state index in [0.717, 1.165) is 37.1 Å². The number of aryl methyl sites for hydroxylation is 1. The highest BCUT2D eigenvalue weighted by Crippen LogP contribution is 2.53. The number of alkyl halides is 1. The van der Waals surface area contributed by atoms with Gasteiger partial charge in [0.05, 0.1) is 37.8 Å². The Balaban J connectivity index is 1.20. The molecule has 0 N–H and O–H groups in total. The fraction of sp³-hybridized carbons (Fsp3) is 0.526. The molecule has 0 bridgehead atoms. The maximum Gasteiger partial charge on any atom is 0.410 e. The number of nitriles is 1. The molecule has 1 amide bonds. The van der Waals surface area contributed by atoms with E-state index in [0.29, 0.717) is 43.2 Å². The molecule has 0 saturated carbocycles. The smallest absolute Gasteiger partial charge is 0.410 e. The first-order chi connectivity index (χ1) is 25.2. The predicted molar refractivity (Wildman–Crippen MR) is 195 cm³/mol. The molecular weight excluding hydrogens is 729 g/mol. The standard InChI is InChI=1S/C38H38ClF3N6O4S/c1-19-23(14-43)25-22(6-7-24(41)32(25)53-19)26-28(39)31-27-30(29(26)42)44-34(51-18-38-8-5-10-46(38)15-20(40)12-38)45-33(27)47-17-37(13-21(47)16-50-31)9-11-48(37)35(49)52-36(2,3)4/h6-7,20-21H,5,8-13,15-18H2,1-4H3/t20-,21?,37?,38+/m1/s1. The number of carbonyl (C=O) groups is 1. The Hall–Kier alpha value is -4.06. The SMILES string of the molecule is Cc1sc2c(F)ccc(-c3c(Cl)c4c5c(nc(OC[C@@]67CCCN6C[C@H](F)C7)nc5c3F)N3CC5(CCN5C(=O)OC(C)(C)C)CC3CO4)c2c1C#N. The Labute approximate surface area is 313 Å². The molecule has 7 heterocycles. The van der Waals surface area contributed by atoms with Crippen LogP contribution in [0.3, 0.4) is 0 Å². The maximum atomic E-state index is 17.4. The molecule has 10 nitrogen and oxygen atoms in total. The van der Waals surface area contributed by atoms with E-state index >= 15 is 8.78 Å². The van der Waals surface area contributed by atoms with Crippen molar-refractivity contribution in [3.8, 4) is 29.0 Å². The fourth-order valence-electron chi connectivity index (χ4n) is 9.31. The molecule has 1 spiro atoms. The molecule has 278 valence electrons. The Kier molecular flexibility index (Phi) is 7.83. The molecule has 4 aromatic rings. The highest BCUT2D eigenvalue weighted by Gasteiger charge is 2.57. The third-order valence-electron chi connectivity index (χ3n) is 11.7. The molecule has 15 heteroatoms. The second-order valence-corrected chi connectivity index (χ2v) is 17.7. The first kappa shape index (κ1) is 34.7. The zero-order valence-electron chi connectivity index (χ0n) is 29.8. The Morgan fingerprint density at radius 1 is 1.19 bits per heavy atom. The fourth-order valence-corrected chi connectivity index (χ4v) is 10.7. The minimum Gasteiger partial charge on any atom is -0.489 e. The van der Waals surface area contributed by atoms with Gasteiger partial charge in [-0.3, -0.25) is 4.90 Å². The first-order valence-electron chi connectivity index (χ1n) is 18.0. The molecule has 0 aliphatic carbocycles. The number of hydrogen-bond donors (Lipinski definition) is 0. The predicted octanol–water partition coefficient (Wildman–Crippen LogP) is 7.93. The number of ether oxygens (including phenoxy) is 3. The van der Waals surface area contributed by atoms with Gasteiger partial charge >= 0.3 is 12.1 Å². The highest BCUT2D eigenvalue weighted by molar-refractivity contribution is 7.19. The van der Waals surface area contributed by atoms with Crippen molar-refractivity contribution in [2.24, 2.45) is 0 Å². The lowest BCUT2D eigenvalue weighted by Gasteiger charge is -2.50. The molecule has 2 aromatic carbocycles. The molecular formula is C38H38ClF3N6O4S. The number of nitrogens with zero attached hydrogens (tertiary/aromatic N) is 6. The number of carbonyl (C=O) groups excluding carboxylic acids is 1. The number of rotatable bonds is 4. The van der Waals surface area contributed by atoms with E-state index in [-0.39, 0.29) is 73.7 Å². The van der Waals surface area contributed by atoms with Gasteiger partial charge in [0.1, 0.15) is 48.2 Å². The van der Waals surface area contributed by atoms with Gasteiger partial charge in [0.2, 0.25) is 0 Å². The quantitative estimate of drug-likeness (QED) is 0.205. The van der Waals surface area contributed by atoms with Crippen LogP contribution in [-0.4, -0.2) is 94.1 Å². The van der Waals surface area contributed by atoms with Crippen molar-refractivity contribution in [3.05, 3.63) is 39.2 Å². The van der Waals surface area contributed by atoms with Crippen LogP contribution in [0, 0.1) is 29.9 Å². The summed E-state index contributed by atoms with van der Waals surface area (Å²) >= 11 is 8.25. The molecule has 4 saturated heterocycles. The van der Waals surface area contributed by atoms with E-state index in [2.05, 4.69) is 16.0 Å². The topological polar surface area (TPSA) is 104 Å². The van der Waals surface area contributed by atoms with Crippen molar-refractivity contribution >= 4 is 55.8 Å². The van der Waals surface area contributed by atoms with E-state index in [1.54, 1.807) is 11.8 Å². The summed E-state index contributed by atoms with van der Waals surface area (Å²) in [5, 5.41) is 10.5. The first-order valence-corrected chi connectivity index (χ1v) is 19.2. The summed E-state index contributed by atoms with van der Waals surface area (Å²) in [5.74, 6) is -0.811. The molecule has 9 rings (SSSR count). The summed E-state index contributed by atoms with van der Waals surface area (Å²) < 4.78 is 66.0. The van der Waals surface area contributed by atoms with Crippen LogP contribution in [0.5, 0.6) is 11.8 Å². The van der Waals surface area contributed by atoms with Crippen LogP contribution in [0.2, 0.25) is 5.02 Å². The summed E-state index contributed by atoms with van der Waals surface area (Å²) in [5.41, 5.74) is -1.45. The summed E-state index contributed by atoms with van der Waals surface area (Å²) in [6.45, 7) is 9.52. The average Bonchev–Trinajstić information content (AvgIpc) is 3.81. The number of hydrogen-bond acceptors (Lipinski definition) is 10. The van der Waals surface area contributed by atoms with E-state index in [4.69, 9.17) is 30.8 Å². The van der Waals surface area contributed by atoms with Gasteiger partial charge in [-0.25, -0.2) is 18.0 Å². The van der Waals surface area contributed by atoms with Gasteiger partial charge in [-0.2, -0.15) is 15.2 Å². The van der Waals surface area contributed by atoms with Gasteiger partial charge in [0.25, 0.3) is 0 Å². The number of benzene rings is 2. The van der Waals surface area contributed by atoms with Crippen molar-refractivity contribution in [2.75, 3.05) is 44.3 Å². The third-order valence-corrected chi connectivity index (χ3v) is 13.2. The van der Waals surface area contributed by atoms with Crippen LogP contribution in [0.25, 0.3) is 32.1 Å². The minimum absolute atomic E-state index is 0.0514. The second kappa shape index (κ2) is 12.0. The number of fused-ring (bicyclic) bond motifs is 4. The van der Waals surface area contributed by atoms with E-state index in [1.807, 2.05) is 25.7 Å². The van der Waals surface area contributed by atoms with E-state index < -0.39 is 40.6 Å². The van der Waals surface area contributed by atoms with Gasteiger partial charge in [-0.05, 0) is 71.6 Å². The van der Waals surface area contributed by atoms with Crippen LogP contribution in [0.15, 0.2) is 12.1 Å². The minimum atomic E-state index is -0.966. The van der Waals surface area contributed by atoms with Crippen LogP contribution in [-0.2, 0) is 4.74 Å². The van der Waals surface area contributed by atoms with Gasteiger partial charge < -0.3 is 24.0 Å². The molecule has 53 heavy (non-hydrogen) atoms. The maximum absolute atomic E-state index is 17.4. The number of likely N-dealkylation sites (tertiary alicyclic amines) is 1. The van der Waals surface area contributed by atoms with Gasteiger partial charge in [-0.15, -0.1) is 11.3 Å². The number of thiophene rings is 1. The highest BCUT2D eigenvalue weighted by atomic mass is 35.5. The monoisotopic (exact) mass is 766 g/mol. The average molecular weight is 767 g/mol. The number of aromatic nitrogens is 2.